The Labute approximate surface area is 124 Å². The summed E-state index contributed by atoms with van der Waals surface area (Å²) in [7, 11) is -3.09. The minimum Gasteiger partial charge on any atom is -0.325 e. The van der Waals surface area contributed by atoms with Crippen molar-refractivity contribution in [3.05, 3.63) is 0 Å². The molecule has 0 heterocycles. The second-order valence-corrected chi connectivity index (χ2v) is 9.19. The van der Waals surface area contributed by atoms with E-state index in [9.17, 15) is 21.6 Å². The van der Waals surface area contributed by atoms with Gasteiger partial charge in [0.15, 0.2) is 0 Å². The molecule has 7 heteroatoms. The van der Waals surface area contributed by atoms with Crippen molar-refractivity contribution in [2.75, 3.05) is 6.26 Å². The van der Waals surface area contributed by atoms with Crippen LogP contribution in [-0.2, 0) is 9.84 Å². The van der Waals surface area contributed by atoms with Crippen molar-refractivity contribution in [2.24, 2.45) is 17.6 Å². The van der Waals surface area contributed by atoms with Gasteiger partial charge in [0.2, 0.25) is 0 Å². The van der Waals surface area contributed by atoms with Crippen LogP contribution in [0.1, 0.15) is 51.4 Å². The molecule has 0 saturated heterocycles. The van der Waals surface area contributed by atoms with Crippen molar-refractivity contribution in [1.29, 1.82) is 0 Å². The molecule has 0 aromatic heterocycles. The molecular weight excluding hydrogens is 303 g/mol. The summed E-state index contributed by atoms with van der Waals surface area (Å²) in [5, 5.41) is -0.378. The predicted octanol–water partition coefficient (Wildman–Crippen LogP) is 3.04. The zero-order chi connectivity index (χ0) is 15.9. The van der Waals surface area contributed by atoms with Gasteiger partial charge in [-0.25, -0.2) is 8.42 Å². The molecule has 0 bridgehead atoms. The van der Waals surface area contributed by atoms with Gasteiger partial charge in [-0.05, 0) is 50.9 Å². The van der Waals surface area contributed by atoms with Gasteiger partial charge in [-0.15, -0.1) is 0 Å². The largest absolute Gasteiger partial charge is 0.391 e. The molecule has 0 aromatic rings. The van der Waals surface area contributed by atoms with Gasteiger partial charge < -0.3 is 5.73 Å². The van der Waals surface area contributed by atoms with Gasteiger partial charge in [0.1, 0.15) is 9.84 Å². The van der Waals surface area contributed by atoms with Crippen LogP contribution in [0.3, 0.4) is 0 Å². The summed E-state index contributed by atoms with van der Waals surface area (Å²) >= 11 is 0. The van der Waals surface area contributed by atoms with Crippen molar-refractivity contribution < 1.29 is 21.6 Å². The SMILES string of the molecule is CS(=O)(=O)C1CCCC(C2(N)CCC(C(F)(F)F)CC2)C1. The Morgan fingerprint density at radius 1 is 1.10 bits per heavy atom. The van der Waals surface area contributed by atoms with Gasteiger partial charge in [0.05, 0.1) is 11.2 Å². The molecule has 2 aliphatic rings. The minimum absolute atomic E-state index is 0.0279. The van der Waals surface area contributed by atoms with Crippen LogP contribution in [0.15, 0.2) is 0 Å². The molecule has 0 aromatic carbocycles. The monoisotopic (exact) mass is 327 g/mol. The summed E-state index contributed by atoms with van der Waals surface area (Å²) in [6, 6.07) is 0. The van der Waals surface area contributed by atoms with Gasteiger partial charge in [0, 0.05) is 11.8 Å². The van der Waals surface area contributed by atoms with Crippen molar-refractivity contribution >= 4 is 9.84 Å². The number of sulfone groups is 1. The molecule has 2 unspecified atom stereocenters. The van der Waals surface area contributed by atoms with E-state index >= 15 is 0 Å². The molecule has 0 amide bonds. The lowest BCUT2D eigenvalue weighted by Gasteiger charge is -2.46. The molecular formula is C14H24F3NO2S. The maximum Gasteiger partial charge on any atom is 0.391 e. The van der Waals surface area contributed by atoms with Gasteiger partial charge >= 0.3 is 6.18 Å². The summed E-state index contributed by atoms with van der Waals surface area (Å²) in [5.41, 5.74) is 5.76. The summed E-state index contributed by atoms with van der Waals surface area (Å²) in [6.45, 7) is 0. The summed E-state index contributed by atoms with van der Waals surface area (Å²) in [5.74, 6) is -1.22. The van der Waals surface area contributed by atoms with Crippen LogP contribution >= 0.6 is 0 Å². The fourth-order valence-corrected chi connectivity index (χ4v) is 5.12. The van der Waals surface area contributed by atoms with Crippen LogP contribution in [0.4, 0.5) is 13.2 Å². The van der Waals surface area contributed by atoms with Crippen LogP contribution in [0.2, 0.25) is 0 Å². The first kappa shape index (κ1) is 17.1. The van der Waals surface area contributed by atoms with Crippen molar-refractivity contribution in [1.82, 2.24) is 0 Å². The van der Waals surface area contributed by atoms with Crippen molar-refractivity contribution in [3.8, 4) is 0 Å². The molecule has 2 saturated carbocycles. The standard InChI is InChI=1S/C14H24F3NO2S/c1-21(19,20)12-4-2-3-11(9-12)13(18)7-5-10(6-8-13)14(15,16)17/h10-12H,2-9,18H2,1H3. The fourth-order valence-electron chi connectivity index (χ4n) is 3.95. The van der Waals surface area contributed by atoms with E-state index in [0.717, 1.165) is 12.8 Å². The van der Waals surface area contributed by atoms with E-state index in [4.69, 9.17) is 5.73 Å². The van der Waals surface area contributed by atoms with Gasteiger partial charge in [-0.1, -0.05) is 6.42 Å². The van der Waals surface area contributed by atoms with E-state index in [1.807, 2.05) is 0 Å². The molecule has 2 N–H and O–H groups in total. The quantitative estimate of drug-likeness (QED) is 0.848. The van der Waals surface area contributed by atoms with E-state index in [2.05, 4.69) is 0 Å². The van der Waals surface area contributed by atoms with E-state index in [1.165, 1.54) is 6.26 Å². The highest BCUT2D eigenvalue weighted by molar-refractivity contribution is 7.91. The van der Waals surface area contributed by atoms with Crippen LogP contribution in [-0.4, -0.2) is 31.6 Å². The Bertz CT molecular complexity index is 467. The third-order valence-corrected chi connectivity index (χ3v) is 7.06. The number of alkyl halides is 3. The molecule has 3 nitrogen and oxygen atoms in total. The fraction of sp³-hybridized carbons (Fsp3) is 1.00. The number of hydrogen-bond donors (Lipinski definition) is 1. The van der Waals surface area contributed by atoms with Crippen LogP contribution < -0.4 is 5.73 Å². The Hall–Kier alpha value is -0.300. The van der Waals surface area contributed by atoms with Crippen molar-refractivity contribution in [3.63, 3.8) is 0 Å². The number of hydrogen-bond acceptors (Lipinski definition) is 3. The van der Waals surface area contributed by atoms with E-state index in [1.54, 1.807) is 0 Å². The molecule has 2 atom stereocenters. The first-order valence-corrected chi connectivity index (χ1v) is 9.52. The summed E-state index contributed by atoms with van der Waals surface area (Å²) < 4.78 is 61.6. The van der Waals surface area contributed by atoms with Gasteiger partial charge in [0.25, 0.3) is 0 Å². The lowest BCUT2D eigenvalue weighted by molar-refractivity contribution is -0.185. The molecule has 2 fully saturated rings. The number of halogens is 3. The minimum atomic E-state index is -4.14. The van der Waals surface area contributed by atoms with Gasteiger partial charge in [-0.2, -0.15) is 13.2 Å². The van der Waals surface area contributed by atoms with E-state index in [0.29, 0.717) is 25.7 Å². The van der Waals surface area contributed by atoms with E-state index in [-0.39, 0.29) is 24.0 Å². The molecule has 2 aliphatic carbocycles. The molecule has 0 aliphatic heterocycles. The molecule has 2 rings (SSSR count). The first-order chi connectivity index (χ1) is 9.52. The zero-order valence-electron chi connectivity index (χ0n) is 12.3. The maximum atomic E-state index is 12.7. The van der Waals surface area contributed by atoms with Gasteiger partial charge in [-0.3, -0.25) is 0 Å². The van der Waals surface area contributed by atoms with Crippen LogP contribution in [0.5, 0.6) is 0 Å². The molecule has 21 heavy (non-hydrogen) atoms. The van der Waals surface area contributed by atoms with Crippen molar-refractivity contribution in [2.45, 2.75) is 68.3 Å². The normalized spacial score (nSPS) is 39.2. The third-order valence-electron chi connectivity index (χ3n) is 5.42. The van der Waals surface area contributed by atoms with Crippen LogP contribution in [0.25, 0.3) is 0 Å². The molecule has 124 valence electrons. The average Bonchev–Trinajstić information content (AvgIpc) is 2.37. The lowest BCUT2D eigenvalue weighted by atomic mass is 9.66. The Balaban J connectivity index is 2.02. The summed E-state index contributed by atoms with van der Waals surface area (Å²) in [6.07, 6.45) is 0.718. The molecule has 0 radical (unpaired) electrons. The Morgan fingerprint density at radius 3 is 2.14 bits per heavy atom. The Morgan fingerprint density at radius 2 is 1.67 bits per heavy atom. The van der Waals surface area contributed by atoms with E-state index < -0.39 is 27.5 Å². The third kappa shape index (κ3) is 3.92. The highest BCUT2D eigenvalue weighted by Crippen LogP contribution is 2.46. The summed E-state index contributed by atoms with van der Waals surface area (Å²) in [4.78, 5) is 0. The average molecular weight is 327 g/mol. The maximum absolute atomic E-state index is 12.7. The van der Waals surface area contributed by atoms with Crippen LogP contribution in [0, 0.1) is 11.8 Å². The second-order valence-electron chi connectivity index (χ2n) is 6.86. The first-order valence-electron chi connectivity index (χ1n) is 7.57. The number of nitrogens with two attached hydrogens (primary N) is 1. The highest BCUT2D eigenvalue weighted by atomic mass is 32.2. The smallest absolute Gasteiger partial charge is 0.325 e. The highest BCUT2D eigenvalue weighted by Gasteiger charge is 2.48. The molecule has 0 spiro atoms. The zero-order valence-corrected chi connectivity index (χ0v) is 13.1. The lowest BCUT2D eigenvalue weighted by Crippen LogP contribution is -2.53. The Kier molecular flexibility index (Phi) is 4.65. The second kappa shape index (κ2) is 5.72. The number of rotatable bonds is 2. The predicted molar refractivity (Wildman–Crippen MR) is 75.5 cm³/mol. The topological polar surface area (TPSA) is 60.2 Å².